The van der Waals surface area contributed by atoms with Gasteiger partial charge in [0, 0.05) is 32.6 Å². The summed E-state index contributed by atoms with van der Waals surface area (Å²) in [5, 5.41) is 0. The maximum atomic E-state index is 12.7. The molecule has 2 N–H and O–H groups in total. The Labute approximate surface area is 162 Å². The van der Waals surface area contributed by atoms with Gasteiger partial charge in [0.05, 0.1) is 18.7 Å². The summed E-state index contributed by atoms with van der Waals surface area (Å²) in [6.07, 6.45) is 0.994. The normalized spacial score (nSPS) is 17.8. The number of rotatable bonds is 7. The maximum absolute atomic E-state index is 12.7. The van der Waals surface area contributed by atoms with Gasteiger partial charge < -0.3 is 20.3 Å². The summed E-state index contributed by atoms with van der Waals surface area (Å²) >= 11 is 0. The van der Waals surface area contributed by atoms with Crippen LogP contribution < -0.4 is 15.4 Å². The van der Waals surface area contributed by atoms with Crippen molar-refractivity contribution in [3.05, 3.63) is 24.3 Å². The predicted molar refractivity (Wildman–Crippen MR) is 106 cm³/mol. The van der Waals surface area contributed by atoms with Crippen LogP contribution in [0.1, 0.15) is 26.7 Å². The minimum absolute atomic E-state index is 0. The molecule has 2 unspecified atom stereocenters. The summed E-state index contributed by atoms with van der Waals surface area (Å²) in [6, 6.07) is 7.45. The molecule has 2 amide bonds. The van der Waals surface area contributed by atoms with Crippen LogP contribution in [0, 0.1) is 11.8 Å². The number of para-hydroxylation sites is 2. The van der Waals surface area contributed by atoms with Crippen LogP contribution in [0.2, 0.25) is 0 Å². The van der Waals surface area contributed by atoms with Crippen LogP contribution in [-0.4, -0.2) is 50.0 Å². The Morgan fingerprint density at radius 2 is 2.04 bits per heavy atom. The van der Waals surface area contributed by atoms with Crippen molar-refractivity contribution in [3.63, 3.8) is 0 Å². The molecule has 1 aliphatic heterocycles. The first-order chi connectivity index (χ1) is 11.8. The van der Waals surface area contributed by atoms with Gasteiger partial charge in [-0.2, -0.15) is 0 Å². The first-order valence-corrected chi connectivity index (χ1v) is 8.79. The smallest absolute Gasteiger partial charge is 0.227 e. The van der Waals surface area contributed by atoms with E-state index < -0.39 is 0 Å². The third-order valence-electron chi connectivity index (χ3n) is 4.88. The van der Waals surface area contributed by atoms with Crippen molar-refractivity contribution >= 4 is 29.9 Å². The van der Waals surface area contributed by atoms with E-state index in [0.29, 0.717) is 24.8 Å². The third kappa shape index (κ3) is 5.11. The van der Waals surface area contributed by atoms with Gasteiger partial charge in [-0.1, -0.05) is 26.0 Å². The number of amides is 2. The molecule has 1 heterocycles. The maximum Gasteiger partial charge on any atom is 0.227 e. The molecule has 6 nitrogen and oxygen atoms in total. The van der Waals surface area contributed by atoms with Crippen molar-refractivity contribution in [2.75, 3.05) is 32.1 Å². The molecule has 1 saturated heterocycles. The Hall–Kier alpha value is -1.79. The van der Waals surface area contributed by atoms with Crippen molar-refractivity contribution in [2.24, 2.45) is 17.6 Å². The molecule has 0 saturated carbocycles. The van der Waals surface area contributed by atoms with E-state index in [4.69, 9.17) is 10.5 Å². The summed E-state index contributed by atoms with van der Waals surface area (Å²) in [6.45, 7) is 5.15. The zero-order valence-corrected chi connectivity index (χ0v) is 16.8. The van der Waals surface area contributed by atoms with Crippen LogP contribution >= 0.6 is 12.4 Å². The van der Waals surface area contributed by atoms with Gasteiger partial charge in [0.25, 0.3) is 0 Å². The third-order valence-corrected chi connectivity index (χ3v) is 4.88. The Morgan fingerprint density at radius 1 is 1.38 bits per heavy atom. The molecule has 26 heavy (non-hydrogen) atoms. The molecule has 7 heteroatoms. The van der Waals surface area contributed by atoms with Crippen molar-refractivity contribution in [1.29, 1.82) is 0 Å². The molecule has 0 aliphatic carbocycles. The summed E-state index contributed by atoms with van der Waals surface area (Å²) in [7, 11) is 3.36. The molecule has 0 spiro atoms. The Morgan fingerprint density at radius 3 is 2.65 bits per heavy atom. The number of carbonyl (C=O) groups is 2. The molecule has 1 aliphatic rings. The molecule has 146 valence electrons. The van der Waals surface area contributed by atoms with E-state index in [1.165, 1.54) is 0 Å². The second-order valence-corrected chi connectivity index (χ2v) is 7.03. The number of carbonyl (C=O) groups excluding carboxylic acids is 2. The van der Waals surface area contributed by atoms with E-state index in [9.17, 15) is 9.59 Å². The molecule has 1 aromatic carbocycles. The summed E-state index contributed by atoms with van der Waals surface area (Å²) in [4.78, 5) is 28.4. The van der Waals surface area contributed by atoms with Crippen molar-refractivity contribution in [3.8, 4) is 5.75 Å². The van der Waals surface area contributed by atoms with Gasteiger partial charge in [-0.05, 0) is 24.5 Å². The minimum Gasteiger partial charge on any atom is -0.495 e. The molecule has 0 bridgehead atoms. The second-order valence-electron chi connectivity index (χ2n) is 7.03. The lowest BCUT2D eigenvalue weighted by atomic mass is 10.0. The first-order valence-electron chi connectivity index (χ1n) is 8.79. The average Bonchev–Trinajstić information content (AvgIpc) is 2.99. The van der Waals surface area contributed by atoms with E-state index in [1.54, 1.807) is 24.0 Å². The highest BCUT2D eigenvalue weighted by atomic mass is 35.5. The molecular weight excluding hydrogens is 354 g/mol. The second kappa shape index (κ2) is 9.78. The largest absolute Gasteiger partial charge is 0.495 e. The number of hydrogen-bond donors (Lipinski definition) is 1. The standard InChI is InChI=1S/C19H29N3O3.ClH/c1-13(2)15(20)9-10-21(3)19(24)14-11-18(23)22(12-14)16-7-5-6-8-17(16)25-4;/h5-8,13-15H,9-12,20H2,1-4H3;1H. The van der Waals surface area contributed by atoms with E-state index in [1.807, 2.05) is 24.3 Å². The number of nitrogens with two attached hydrogens (primary N) is 1. The number of ether oxygens (including phenoxy) is 1. The topological polar surface area (TPSA) is 75.9 Å². The number of anilines is 1. The molecule has 2 rings (SSSR count). The van der Waals surface area contributed by atoms with Crippen LogP contribution in [0.4, 0.5) is 5.69 Å². The monoisotopic (exact) mass is 383 g/mol. The summed E-state index contributed by atoms with van der Waals surface area (Å²) in [5.41, 5.74) is 6.77. The fourth-order valence-electron chi connectivity index (χ4n) is 3.06. The van der Waals surface area contributed by atoms with Crippen LogP contribution in [-0.2, 0) is 9.59 Å². The fraction of sp³-hybridized carbons (Fsp3) is 0.579. The lowest BCUT2D eigenvalue weighted by molar-refractivity contribution is -0.134. The molecule has 0 radical (unpaired) electrons. The van der Waals surface area contributed by atoms with E-state index in [0.717, 1.165) is 12.1 Å². The van der Waals surface area contributed by atoms with Crippen LogP contribution in [0.5, 0.6) is 5.75 Å². The molecule has 2 atom stereocenters. The zero-order chi connectivity index (χ0) is 18.6. The SMILES string of the molecule is COc1ccccc1N1CC(C(=O)N(C)CCC(N)C(C)C)CC1=O.Cl. The highest BCUT2D eigenvalue weighted by Gasteiger charge is 2.37. The molecule has 1 fully saturated rings. The Bertz CT molecular complexity index is 624. The molecule has 0 aromatic heterocycles. The quantitative estimate of drug-likeness (QED) is 0.783. The zero-order valence-electron chi connectivity index (χ0n) is 16.0. The van der Waals surface area contributed by atoms with Gasteiger partial charge in [0.1, 0.15) is 5.75 Å². The lowest BCUT2D eigenvalue weighted by Crippen LogP contribution is -2.38. The van der Waals surface area contributed by atoms with E-state index in [-0.39, 0.29) is 42.6 Å². The number of methoxy groups -OCH3 is 1. The number of hydrogen-bond acceptors (Lipinski definition) is 4. The van der Waals surface area contributed by atoms with Crippen LogP contribution in [0.3, 0.4) is 0 Å². The fourth-order valence-corrected chi connectivity index (χ4v) is 3.06. The number of benzene rings is 1. The van der Waals surface area contributed by atoms with Crippen molar-refractivity contribution < 1.29 is 14.3 Å². The van der Waals surface area contributed by atoms with Gasteiger partial charge in [-0.3, -0.25) is 9.59 Å². The Kier molecular flexibility index (Phi) is 8.37. The predicted octanol–water partition coefficient (Wildman–Crippen LogP) is 2.30. The van der Waals surface area contributed by atoms with E-state index in [2.05, 4.69) is 13.8 Å². The minimum atomic E-state index is -0.322. The average molecular weight is 384 g/mol. The molecule has 1 aromatic rings. The van der Waals surface area contributed by atoms with Gasteiger partial charge in [-0.15, -0.1) is 12.4 Å². The van der Waals surface area contributed by atoms with Crippen molar-refractivity contribution in [1.82, 2.24) is 4.90 Å². The first kappa shape index (κ1) is 22.3. The molecular formula is C19H30ClN3O3. The number of nitrogens with zero attached hydrogens (tertiary/aromatic N) is 2. The lowest BCUT2D eigenvalue weighted by Gasteiger charge is -2.24. The highest BCUT2D eigenvalue weighted by molar-refractivity contribution is 6.01. The van der Waals surface area contributed by atoms with Crippen LogP contribution in [0.25, 0.3) is 0 Å². The van der Waals surface area contributed by atoms with Gasteiger partial charge >= 0.3 is 0 Å². The van der Waals surface area contributed by atoms with Crippen molar-refractivity contribution in [2.45, 2.75) is 32.7 Å². The van der Waals surface area contributed by atoms with Gasteiger partial charge in [0.15, 0.2) is 0 Å². The highest BCUT2D eigenvalue weighted by Crippen LogP contribution is 2.33. The van der Waals surface area contributed by atoms with Crippen LogP contribution in [0.15, 0.2) is 24.3 Å². The summed E-state index contributed by atoms with van der Waals surface area (Å²) < 4.78 is 5.33. The van der Waals surface area contributed by atoms with Gasteiger partial charge in [0.2, 0.25) is 11.8 Å². The van der Waals surface area contributed by atoms with Gasteiger partial charge in [-0.25, -0.2) is 0 Å². The van der Waals surface area contributed by atoms with E-state index >= 15 is 0 Å². The Balaban J connectivity index is 0.00000338. The number of halogens is 1. The summed E-state index contributed by atoms with van der Waals surface area (Å²) in [5.74, 6) is 0.660.